The lowest BCUT2D eigenvalue weighted by Crippen LogP contribution is -2.46. The number of hydroxylamine groups is 1. The third-order valence-corrected chi connectivity index (χ3v) is 8.48. The molecular formula is C29H35FN6O5S. The van der Waals surface area contributed by atoms with Crippen molar-refractivity contribution in [2.75, 3.05) is 29.9 Å². The number of piperidine rings is 1. The van der Waals surface area contributed by atoms with Crippen molar-refractivity contribution >= 4 is 33.5 Å². The van der Waals surface area contributed by atoms with E-state index in [0.29, 0.717) is 29.2 Å². The molecule has 0 unspecified atom stereocenters. The molecule has 0 bridgehead atoms. The Balaban J connectivity index is 1.31. The lowest BCUT2D eigenvalue weighted by molar-refractivity contribution is -0.182. The number of carbonyl (C=O) groups is 2. The molecule has 1 aromatic heterocycles. The number of nitrogens with one attached hydrogen (secondary N) is 2. The van der Waals surface area contributed by atoms with E-state index in [1.165, 1.54) is 30.3 Å². The summed E-state index contributed by atoms with van der Waals surface area (Å²) in [6.07, 6.45) is 4.53. The molecule has 11 nitrogen and oxygen atoms in total. The Kier molecular flexibility index (Phi) is 9.74. The van der Waals surface area contributed by atoms with Crippen LogP contribution in [0.25, 0.3) is 0 Å². The van der Waals surface area contributed by atoms with Gasteiger partial charge in [-0.3, -0.25) is 9.59 Å². The second-order valence-electron chi connectivity index (χ2n) is 10.8. The predicted octanol–water partition coefficient (Wildman–Crippen LogP) is 3.76. The summed E-state index contributed by atoms with van der Waals surface area (Å²) in [7, 11) is -4.12. The number of sulfonamides is 1. The van der Waals surface area contributed by atoms with E-state index in [4.69, 9.17) is 4.84 Å². The molecule has 1 aliphatic heterocycles. The van der Waals surface area contributed by atoms with Gasteiger partial charge < -0.3 is 20.4 Å². The number of hydrogen-bond acceptors (Lipinski definition) is 9. The number of benzene rings is 2. The Morgan fingerprint density at radius 3 is 2.36 bits per heavy atom. The number of rotatable bonds is 10. The Morgan fingerprint density at radius 1 is 1.05 bits per heavy atom. The molecule has 0 aliphatic carbocycles. The molecular weight excluding hydrogens is 563 g/mol. The van der Waals surface area contributed by atoms with Gasteiger partial charge in [0, 0.05) is 43.6 Å². The molecule has 224 valence electrons. The molecule has 0 saturated carbocycles. The molecule has 42 heavy (non-hydrogen) atoms. The first-order valence-electron chi connectivity index (χ1n) is 13.6. The van der Waals surface area contributed by atoms with Crippen molar-refractivity contribution in [1.82, 2.24) is 19.8 Å². The summed E-state index contributed by atoms with van der Waals surface area (Å²) in [6.45, 7) is 5.86. The van der Waals surface area contributed by atoms with E-state index < -0.39 is 33.3 Å². The van der Waals surface area contributed by atoms with E-state index >= 15 is 0 Å². The zero-order chi connectivity index (χ0) is 30.3. The van der Waals surface area contributed by atoms with Crippen LogP contribution in [0.4, 0.5) is 16.0 Å². The molecule has 13 heteroatoms. The minimum absolute atomic E-state index is 0.0150. The molecule has 1 amide bonds. The topological polar surface area (TPSA) is 134 Å². The minimum Gasteiger partial charge on any atom is -0.369 e. The molecule has 2 N–H and O–H groups in total. The van der Waals surface area contributed by atoms with E-state index in [1.54, 1.807) is 57.4 Å². The van der Waals surface area contributed by atoms with E-state index in [-0.39, 0.29) is 29.5 Å². The summed E-state index contributed by atoms with van der Waals surface area (Å²) in [5.74, 6) is -1.21. The van der Waals surface area contributed by atoms with E-state index in [9.17, 15) is 22.4 Å². The average molecular weight is 599 g/mol. The number of nitrogens with zero attached hydrogens (tertiary/aromatic N) is 4. The van der Waals surface area contributed by atoms with Crippen molar-refractivity contribution < 1.29 is 27.2 Å². The van der Waals surface area contributed by atoms with Crippen molar-refractivity contribution in [3.8, 4) is 0 Å². The van der Waals surface area contributed by atoms with Gasteiger partial charge in [-0.25, -0.2) is 22.8 Å². The van der Waals surface area contributed by atoms with Crippen molar-refractivity contribution in [3.63, 3.8) is 0 Å². The van der Waals surface area contributed by atoms with Crippen LogP contribution in [-0.4, -0.2) is 65.9 Å². The van der Waals surface area contributed by atoms with Crippen LogP contribution in [0.5, 0.6) is 0 Å². The van der Waals surface area contributed by atoms with E-state index in [2.05, 4.69) is 20.6 Å². The van der Waals surface area contributed by atoms with Crippen LogP contribution in [0, 0.1) is 5.82 Å². The molecule has 0 atom stereocenters. The second-order valence-corrected chi connectivity index (χ2v) is 12.6. The minimum atomic E-state index is -4.12. The Hall–Kier alpha value is -4.10. The van der Waals surface area contributed by atoms with Crippen LogP contribution in [0.3, 0.4) is 0 Å². The highest BCUT2D eigenvalue weighted by Gasteiger charge is 2.38. The molecule has 0 spiro atoms. The molecule has 0 radical (unpaired) electrons. The van der Waals surface area contributed by atoms with Crippen molar-refractivity contribution in [2.45, 2.75) is 56.5 Å². The maximum atomic E-state index is 14.7. The molecule has 1 saturated heterocycles. The van der Waals surface area contributed by atoms with Gasteiger partial charge in [-0.05, 0) is 74.5 Å². The number of halogens is 1. The molecule has 2 aromatic carbocycles. The number of amides is 1. The highest BCUT2D eigenvalue weighted by Crippen LogP contribution is 2.27. The van der Waals surface area contributed by atoms with Crippen LogP contribution in [-0.2, 0) is 19.7 Å². The van der Waals surface area contributed by atoms with Gasteiger partial charge in [0.25, 0.3) is 15.9 Å². The molecule has 1 fully saturated rings. The highest BCUT2D eigenvalue weighted by molar-refractivity contribution is 7.89. The van der Waals surface area contributed by atoms with Crippen molar-refractivity contribution in [2.24, 2.45) is 0 Å². The van der Waals surface area contributed by atoms with Gasteiger partial charge in [-0.15, -0.1) is 0 Å². The summed E-state index contributed by atoms with van der Waals surface area (Å²) >= 11 is 0. The van der Waals surface area contributed by atoms with Crippen LogP contribution in [0.1, 0.15) is 50.4 Å². The first-order chi connectivity index (χ1) is 19.9. The van der Waals surface area contributed by atoms with Crippen molar-refractivity contribution in [1.29, 1.82) is 0 Å². The van der Waals surface area contributed by atoms with Gasteiger partial charge in [0.15, 0.2) is 0 Å². The van der Waals surface area contributed by atoms with Gasteiger partial charge in [-0.1, -0.05) is 18.2 Å². The van der Waals surface area contributed by atoms with Crippen LogP contribution < -0.4 is 15.5 Å². The maximum absolute atomic E-state index is 14.7. The first-order valence-corrected chi connectivity index (χ1v) is 15.1. The van der Waals surface area contributed by atoms with E-state index in [0.717, 1.165) is 12.8 Å². The average Bonchev–Trinajstić information content (AvgIpc) is 2.97. The normalized spacial score (nSPS) is 14.5. The fraction of sp³-hybridized carbons (Fsp3) is 0.379. The molecule has 4 rings (SSSR count). The molecule has 2 heterocycles. The molecule has 3 aromatic rings. The predicted molar refractivity (Wildman–Crippen MR) is 156 cm³/mol. The maximum Gasteiger partial charge on any atom is 0.328 e. The van der Waals surface area contributed by atoms with E-state index in [1.807, 2.05) is 4.90 Å². The smallest absolute Gasteiger partial charge is 0.328 e. The number of carbonyl (C=O) groups excluding carboxylic acids is 2. The molecule has 1 aliphatic rings. The number of anilines is 2. The lowest BCUT2D eigenvalue weighted by Gasteiger charge is -2.34. The summed E-state index contributed by atoms with van der Waals surface area (Å²) in [5, 5.41) is 5.91. The summed E-state index contributed by atoms with van der Waals surface area (Å²) in [6, 6.07) is 13.7. The fourth-order valence-electron chi connectivity index (χ4n) is 4.47. The van der Waals surface area contributed by atoms with Crippen LogP contribution >= 0.6 is 0 Å². The SMILES string of the molecule is CC(C)(C)N(OC(=O)CCNC(=O)c1ccc(F)c(N2CCC(Nc3ncccn3)CC2)c1)S(=O)(=O)c1ccccc1. The Labute approximate surface area is 245 Å². The zero-order valence-electron chi connectivity index (χ0n) is 23.8. The Bertz CT molecular complexity index is 1480. The summed E-state index contributed by atoms with van der Waals surface area (Å²) in [4.78, 5) is 40.9. The van der Waals surface area contributed by atoms with Gasteiger partial charge >= 0.3 is 5.97 Å². The lowest BCUT2D eigenvalue weighted by atomic mass is 10.0. The second kappa shape index (κ2) is 13.3. The summed E-state index contributed by atoms with van der Waals surface area (Å²) < 4.78 is 41.6. The third kappa shape index (κ3) is 7.79. The van der Waals surface area contributed by atoms with Crippen LogP contribution in [0.15, 0.2) is 71.9 Å². The van der Waals surface area contributed by atoms with Crippen LogP contribution in [0.2, 0.25) is 0 Å². The Morgan fingerprint density at radius 2 is 1.71 bits per heavy atom. The standard InChI is InChI=1S/C29H35FN6O5S/c1-29(2,3)36(42(39,40)23-8-5-4-6-9-23)41-26(37)12-17-31-27(38)21-10-11-24(30)25(20-21)35-18-13-22(14-19-35)34-28-32-15-7-16-33-28/h4-11,15-16,20,22H,12-14,17-19H2,1-3H3,(H,31,38)(H,32,33,34). The zero-order valence-corrected chi connectivity index (χ0v) is 24.6. The third-order valence-electron chi connectivity index (χ3n) is 6.55. The highest BCUT2D eigenvalue weighted by atomic mass is 32.2. The quantitative estimate of drug-likeness (QED) is 0.335. The fourth-order valence-corrected chi connectivity index (χ4v) is 6.07. The van der Waals surface area contributed by atoms with Gasteiger partial charge in [0.05, 0.1) is 22.5 Å². The van der Waals surface area contributed by atoms with Gasteiger partial charge in [0.2, 0.25) is 5.95 Å². The van der Waals surface area contributed by atoms with Gasteiger partial charge in [0.1, 0.15) is 5.82 Å². The van der Waals surface area contributed by atoms with Gasteiger partial charge in [-0.2, -0.15) is 0 Å². The number of hydrogen-bond donors (Lipinski definition) is 2. The summed E-state index contributed by atoms with van der Waals surface area (Å²) in [5.41, 5.74) is -0.498. The first kappa shape index (κ1) is 30.8. The van der Waals surface area contributed by atoms with Crippen molar-refractivity contribution in [3.05, 3.63) is 78.4 Å². The monoisotopic (exact) mass is 598 g/mol. The largest absolute Gasteiger partial charge is 0.369 e. The number of aromatic nitrogens is 2.